The summed E-state index contributed by atoms with van der Waals surface area (Å²) in [5.41, 5.74) is -5.48. The fraction of sp³-hybridized carbons (Fsp3) is 0.513. The highest BCUT2D eigenvalue weighted by Gasteiger charge is 2.49. The first-order chi connectivity index (χ1) is 26.9. The number of ether oxygens (including phenoxy) is 3. The van der Waals surface area contributed by atoms with Crippen molar-refractivity contribution in [3.8, 4) is 23.2 Å². The Labute approximate surface area is 327 Å². The third-order valence-electron chi connectivity index (χ3n) is 10.8. The van der Waals surface area contributed by atoms with Crippen LogP contribution in [0.5, 0.6) is 6.01 Å². The molecule has 57 heavy (non-hydrogen) atoms. The smallest absolute Gasteiger partial charge is 0.417 e. The average molecular weight is 819 g/mol. The number of amides is 1. The monoisotopic (exact) mass is 818 g/mol. The molecule has 1 amide bonds. The number of carbonyl (C=O) groups excluding carboxylic acids is 2. The van der Waals surface area contributed by atoms with Crippen molar-refractivity contribution in [2.75, 3.05) is 50.1 Å². The summed E-state index contributed by atoms with van der Waals surface area (Å²) < 4.78 is 109. The van der Waals surface area contributed by atoms with Crippen LogP contribution in [0.4, 0.5) is 42.0 Å². The highest BCUT2D eigenvalue weighted by Crippen LogP contribution is 2.49. The van der Waals surface area contributed by atoms with Crippen molar-refractivity contribution in [1.29, 1.82) is 5.26 Å². The fourth-order valence-electron chi connectivity index (χ4n) is 8.31. The van der Waals surface area contributed by atoms with Gasteiger partial charge in [0.05, 0.1) is 34.4 Å². The van der Waals surface area contributed by atoms with E-state index in [9.17, 15) is 19.2 Å². The molecule has 0 bridgehead atoms. The van der Waals surface area contributed by atoms with Gasteiger partial charge in [-0.1, -0.05) is 6.07 Å². The Hall–Kier alpha value is -4.89. The molecule has 3 fully saturated rings. The van der Waals surface area contributed by atoms with Gasteiger partial charge in [-0.25, -0.2) is 18.0 Å². The number of carbonyl (C=O) groups is 2. The number of hydrogen-bond donors (Lipinski definition) is 1. The third kappa shape index (κ3) is 7.75. The molecule has 1 unspecified atom stereocenters. The lowest BCUT2D eigenvalue weighted by Gasteiger charge is -2.31. The molecule has 1 N–H and O–H groups in total. The van der Waals surface area contributed by atoms with Crippen LogP contribution in [-0.4, -0.2) is 84.1 Å². The van der Waals surface area contributed by atoms with Crippen molar-refractivity contribution in [3.63, 3.8) is 0 Å². The van der Waals surface area contributed by atoms with Crippen LogP contribution >= 0.6 is 11.3 Å². The van der Waals surface area contributed by atoms with Gasteiger partial charge in [0, 0.05) is 42.4 Å². The van der Waals surface area contributed by atoms with Crippen molar-refractivity contribution in [1.82, 2.24) is 14.9 Å². The molecular weight excluding hydrogens is 779 g/mol. The summed E-state index contributed by atoms with van der Waals surface area (Å²) in [5.74, 6) is -3.32. The number of halogens is 6. The Bertz CT molecular complexity index is 2290. The van der Waals surface area contributed by atoms with Crippen LogP contribution < -0.4 is 15.0 Å². The van der Waals surface area contributed by atoms with Gasteiger partial charge in [-0.2, -0.15) is 28.4 Å². The molecule has 0 aliphatic carbocycles. The van der Waals surface area contributed by atoms with Crippen molar-refractivity contribution < 1.29 is 50.1 Å². The van der Waals surface area contributed by atoms with Gasteiger partial charge in [0.2, 0.25) is 0 Å². The van der Waals surface area contributed by atoms with E-state index in [2.05, 4.69) is 15.3 Å². The summed E-state index contributed by atoms with van der Waals surface area (Å²) in [5, 5.41) is 11.8. The molecule has 11 nitrogen and oxygen atoms in total. The van der Waals surface area contributed by atoms with Gasteiger partial charge in [0.25, 0.3) is 0 Å². The second kappa shape index (κ2) is 15.1. The molecule has 3 aliphatic rings. The number of nitrogens with zero attached hydrogens (tertiary/aromatic N) is 5. The SMILES string of the molecule is COC(=O)C1CCCN(c2nc(OC[C@@]34CCCN3C[C@H](F)C4)nc3c(F)c(-c4ccc(F)c5sc(NC(=O)OC(C)(C)C)c(C#N)c45)c(C(F)(F)F)cc23)CC1. The summed E-state index contributed by atoms with van der Waals surface area (Å²) in [4.78, 5) is 37.6. The number of hydrogen-bond acceptors (Lipinski definition) is 11. The summed E-state index contributed by atoms with van der Waals surface area (Å²) >= 11 is 0.587. The van der Waals surface area contributed by atoms with Crippen molar-refractivity contribution in [3.05, 3.63) is 41.0 Å². The maximum Gasteiger partial charge on any atom is 0.417 e. The molecule has 2 aromatic carbocycles. The number of methoxy groups -OCH3 is 1. The van der Waals surface area contributed by atoms with E-state index in [1.165, 1.54) is 7.11 Å². The largest absolute Gasteiger partial charge is 0.469 e. The molecule has 304 valence electrons. The number of aromatic nitrogens is 2. The zero-order valence-corrected chi connectivity index (χ0v) is 32.4. The normalized spacial score (nSPS) is 21.7. The Balaban J connectivity index is 1.42. The van der Waals surface area contributed by atoms with Crippen LogP contribution in [0, 0.1) is 28.9 Å². The molecule has 3 saturated heterocycles. The molecular formula is C39H40F6N6O5S. The average Bonchev–Trinajstić information content (AvgIpc) is 3.72. The first-order valence-corrected chi connectivity index (χ1v) is 19.4. The maximum absolute atomic E-state index is 17.4. The zero-order valence-electron chi connectivity index (χ0n) is 31.6. The molecule has 5 heterocycles. The van der Waals surface area contributed by atoms with Gasteiger partial charge < -0.3 is 19.1 Å². The Kier molecular flexibility index (Phi) is 10.7. The van der Waals surface area contributed by atoms with Crippen molar-refractivity contribution in [2.45, 2.75) is 82.8 Å². The Morgan fingerprint density at radius 2 is 1.88 bits per heavy atom. The zero-order chi connectivity index (χ0) is 41.0. The number of rotatable bonds is 7. The summed E-state index contributed by atoms with van der Waals surface area (Å²) in [6, 6.07) is 4.03. The molecule has 3 atom stereocenters. The van der Waals surface area contributed by atoms with Crippen LogP contribution in [0.25, 0.3) is 32.1 Å². The number of benzene rings is 2. The van der Waals surface area contributed by atoms with E-state index >= 15 is 22.0 Å². The van der Waals surface area contributed by atoms with E-state index in [1.54, 1.807) is 25.7 Å². The molecule has 3 aliphatic heterocycles. The molecule has 18 heteroatoms. The number of alkyl halides is 4. The van der Waals surface area contributed by atoms with Crippen LogP contribution in [0.1, 0.15) is 70.4 Å². The number of esters is 1. The van der Waals surface area contributed by atoms with Gasteiger partial charge in [0.15, 0.2) is 5.82 Å². The van der Waals surface area contributed by atoms with E-state index < -0.39 is 80.9 Å². The summed E-state index contributed by atoms with van der Waals surface area (Å²) in [6.07, 6.45) is -4.46. The quantitative estimate of drug-likeness (QED) is 0.143. The predicted molar refractivity (Wildman–Crippen MR) is 200 cm³/mol. The van der Waals surface area contributed by atoms with Gasteiger partial charge in [-0.05, 0) is 77.1 Å². The lowest BCUT2D eigenvalue weighted by atomic mass is 9.92. The Morgan fingerprint density at radius 3 is 2.58 bits per heavy atom. The lowest BCUT2D eigenvalue weighted by Crippen LogP contribution is -2.43. The van der Waals surface area contributed by atoms with Gasteiger partial charge in [0.1, 0.15) is 46.6 Å². The molecule has 0 spiro atoms. The minimum absolute atomic E-state index is 0.0513. The Morgan fingerprint density at radius 1 is 1.11 bits per heavy atom. The number of anilines is 2. The van der Waals surface area contributed by atoms with E-state index in [1.807, 2.05) is 11.0 Å². The molecule has 4 aromatic rings. The minimum Gasteiger partial charge on any atom is -0.469 e. The van der Waals surface area contributed by atoms with E-state index in [0.29, 0.717) is 37.1 Å². The molecule has 2 aromatic heterocycles. The number of thiophene rings is 1. The second-order valence-corrected chi connectivity index (χ2v) is 16.7. The second-order valence-electron chi connectivity index (χ2n) is 15.7. The van der Waals surface area contributed by atoms with E-state index in [0.717, 1.165) is 24.6 Å². The van der Waals surface area contributed by atoms with E-state index in [-0.39, 0.29) is 71.4 Å². The number of nitrogens with one attached hydrogen (secondary N) is 1. The van der Waals surface area contributed by atoms with Gasteiger partial charge >= 0.3 is 24.2 Å². The standard InChI is InChI=1S/C39H40F6N6O5S/c1-37(2,3)56-36(53)49-33-24(17-46)27-22(8-9-26(41)31(27)57-33)28-25(39(43,44)45)15-23-30(29(28)42)47-35(55-19-38-11-6-13-51(38)18-21(40)16-38)48-32(23)50-12-5-7-20(10-14-50)34(52)54-4/h8-9,15,20-21H,5-7,10-14,16,18-19H2,1-4H3,(H,49,53)/t20?,21-,38+/m1/s1. The molecule has 0 radical (unpaired) electrons. The summed E-state index contributed by atoms with van der Waals surface area (Å²) in [6.45, 7) is 6.03. The lowest BCUT2D eigenvalue weighted by molar-refractivity contribution is -0.145. The van der Waals surface area contributed by atoms with Crippen molar-refractivity contribution >= 4 is 55.2 Å². The minimum atomic E-state index is -5.19. The molecule has 7 rings (SSSR count). The van der Waals surface area contributed by atoms with Crippen LogP contribution in [0.15, 0.2) is 18.2 Å². The van der Waals surface area contributed by atoms with Crippen LogP contribution in [-0.2, 0) is 20.4 Å². The third-order valence-corrected chi connectivity index (χ3v) is 11.9. The first kappa shape index (κ1) is 40.3. The fourth-order valence-corrected chi connectivity index (χ4v) is 9.38. The topological polar surface area (TPSA) is 130 Å². The first-order valence-electron chi connectivity index (χ1n) is 18.5. The van der Waals surface area contributed by atoms with Crippen molar-refractivity contribution in [2.24, 2.45) is 5.92 Å². The van der Waals surface area contributed by atoms with Gasteiger partial charge in [-0.15, -0.1) is 11.3 Å². The highest BCUT2D eigenvalue weighted by molar-refractivity contribution is 7.23. The highest BCUT2D eigenvalue weighted by atomic mass is 32.1. The molecule has 0 saturated carbocycles. The van der Waals surface area contributed by atoms with E-state index in [4.69, 9.17) is 14.2 Å². The van der Waals surface area contributed by atoms with Gasteiger partial charge in [-0.3, -0.25) is 15.0 Å². The summed E-state index contributed by atoms with van der Waals surface area (Å²) in [7, 11) is 1.27. The van der Waals surface area contributed by atoms with Crippen LogP contribution in [0.2, 0.25) is 0 Å². The number of fused-ring (bicyclic) bond motifs is 3. The van der Waals surface area contributed by atoms with Crippen LogP contribution in [0.3, 0.4) is 0 Å². The number of nitriles is 1. The maximum atomic E-state index is 17.4. The predicted octanol–water partition coefficient (Wildman–Crippen LogP) is 8.76.